The van der Waals surface area contributed by atoms with E-state index in [0.29, 0.717) is 0 Å². The zero-order valence-corrected chi connectivity index (χ0v) is 5.89. The molecule has 0 saturated heterocycles. The summed E-state index contributed by atoms with van der Waals surface area (Å²) in [5, 5.41) is 18.6. The molecule has 0 bridgehead atoms. The number of nitrogen functional groups attached to an aromatic ring is 1. The maximum Gasteiger partial charge on any atom is 0.386 e. The molecule has 0 atom stereocenters. The SMILES string of the molecule is N#Cc1cnc([N+](=O)[O-])c(N)c1. The molecule has 60 valence electrons. The lowest BCUT2D eigenvalue weighted by molar-refractivity contribution is -0.388. The van der Waals surface area contributed by atoms with Crippen molar-refractivity contribution in [3.05, 3.63) is 27.9 Å². The molecule has 0 aliphatic carbocycles. The molecule has 0 amide bonds. The highest BCUT2D eigenvalue weighted by molar-refractivity contribution is 5.55. The Hall–Kier alpha value is -2.16. The molecule has 1 aromatic rings. The van der Waals surface area contributed by atoms with Crippen LogP contribution in [0.25, 0.3) is 0 Å². The first-order valence-electron chi connectivity index (χ1n) is 2.95. The van der Waals surface area contributed by atoms with Gasteiger partial charge in [-0.1, -0.05) is 0 Å². The summed E-state index contributed by atoms with van der Waals surface area (Å²) >= 11 is 0. The van der Waals surface area contributed by atoms with Crippen molar-refractivity contribution in [1.82, 2.24) is 4.98 Å². The second-order valence-electron chi connectivity index (χ2n) is 2.01. The van der Waals surface area contributed by atoms with Crippen LogP contribution >= 0.6 is 0 Å². The van der Waals surface area contributed by atoms with Gasteiger partial charge in [0.2, 0.25) is 0 Å². The third-order valence-corrected chi connectivity index (χ3v) is 1.20. The summed E-state index contributed by atoms with van der Waals surface area (Å²) in [6, 6.07) is 2.98. The predicted octanol–water partition coefficient (Wildman–Crippen LogP) is 0.444. The molecule has 0 saturated carbocycles. The van der Waals surface area contributed by atoms with E-state index in [1.807, 2.05) is 0 Å². The van der Waals surface area contributed by atoms with E-state index in [9.17, 15) is 10.1 Å². The number of nitrogens with zero attached hydrogens (tertiary/aromatic N) is 3. The Labute approximate surface area is 67.4 Å². The van der Waals surface area contributed by atoms with E-state index >= 15 is 0 Å². The molecule has 1 aromatic heterocycles. The van der Waals surface area contributed by atoms with Crippen molar-refractivity contribution < 1.29 is 4.92 Å². The number of aromatic nitrogens is 1. The van der Waals surface area contributed by atoms with Crippen molar-refractivity contribution in [2.24, 2.45) is 0 Å². The van der Waals surface area contributed by atoms with Gasteiger partial charge < -0.3 is 15.8 Å². The van der Waals surface area contributed by atoms with Gasteiger partial charge in [-0.3, -0.25) is 0 Å². The summed E-state index contributed by atoms with van der Waals surface area (Å²) in [6.45, 7) is 0. The molecule has 6 nitrogen and oxygen atoms in total. The lowest BCUT2D eigenvalue weighted by Crippen LogP contribution is -1.98. The van der Waals surface area contributed by atoms with Crippen LogP contribution in [0.4, 0.5) is 11.5 Å². The molecule has 0 spiro atoms. The van der Waals surface area contributed by atoms with E-state index < -0.39 is 10.7 Å². The van der Waals surface area contributed by atoms with E-state index in [1.165, 1.54) is 6.07 Å². The van der Waals surface area contributed by atoms with E-state index in [2.05, 4.69) is 4.98 Å². The zero-order valence-electron chi connectivity index (χ0n) is 5.89. The second-order valence-corrected chi connectivity index (χ2v) is 2.01. The molecule has 0 aliphatic heterocycles. The monoisotopic (exact) mass is 164 g/mol. The molecule has 0 unspecified atom stereocenters. The van der Waals surface area contributed by atoms with E-state index in [0.717, 1.165) is 6.20 Å². The molecule has 1 heterocycles. The molecular weight excluding hydrogens is 160 g/mol. The van der Waals surface area contributed by atoms with Gasteiger partial charge in [-0.05, 0) is 16.0 Å². The summed E-state index contributed by atoms with van der Waals surface area (Å²) in [5.74, 6) is -0.422. The van der Waals surface area contributed by atoms with Crippen molar-refractivity contribution >= 4 is 11.5 Å². The number of hydrogen-bond acceptors (Lipinski definition) is 5. The van der Waals surface area contributed by atoms with Crippen LogP contribution in [-0.4, -0.2) is 9.91 Å². The topological polar surface area (TPSA) is 106 Å². The van der Waals surface area contributed by atoms with E-state index in [4.69, 9.17) is 11.0 Å². The molecule has 2 N–H and O–H groups in total. The Morgan fingerprint density at radius 3 is 2.83 bits per heavy atom. The molecular formula is C6H4N4O2. The molecule has 0 aliphatic rings. The Kier molecular flexibility index (Phi) is 1.88. The first kappa shape index (κ1) is 7.94. The second kappa shape index (κ2) is 2.84. The first-order valence-corrected chi connectivity index (χ1v) is 2.95. The standard InChI is InChI=1S/C6H4N4O2/c7-2-4-1-5(8)6(9-3-4)10(11)12/h1,3H,8H2. The number of nitro groups is 1. The Morgan fingerprint density at radius 2 is 2.42 bits per heavy atom. The Bertz CT molecular complexity index is 368. The number of hydrogen-bond donors (Lipinski definition) is 1. The highest BCUT2D eigenvalue weighted by Crippen LogP contribution is 2.17. The van der Waals surface area contributed by atoms with Gasteiger partial charge in [-0.2, -0.15) is 5.26 Å². The quantitative estimate of drug-likeness (QED) is 0.478. The highest BCUT2D eigenvalue weighted by atomic mass is 16.6. The first-order chi connectivity index (χ1) is 5.65. The van der Waals surface area contributed by atoms with Gasteiger partial charge in [0.15, 0.2) is 6.20 Å². The third kappa shape index (κ3) is 1.29. The van der Waals surface area contributed by atoms with Crippen molar-refractivity contribution in [2.75, 3.05) is 5.73 Å². The smallest absolute Gasteiger partial charge is 0.386 e. The average Bonchev–Trinajstić information content (AvgIpc) is 2.03. The molecule has 0 aromatic carbocycles. The van der Waals surface area contributed by atoms with Crippen molar-refractivity contribution in [2.45, 2.75) is 0 Å². The Morgan fingerprint density at radius 1 is 1.75 bits per heavy atom. The fraction of sp³-hybridized carbons (Fsp3) is 0. The summed E-state index contributed by atoms with van der Waals surface area (Å²) in [6.07, 6.45) is 1.11. The van der Waals surface area contributed by atoms with E-state index in [1.54, 1.807) is 6.07 Å². The van der Waals surface area contributed by atoms with Gasteiger partial charge in [0.05, 0.1) is 5.56 Å². The predicted molar refractivity (Wildman–Crippen MR) is 40.0 cm³/mol. The summed E-state index contributed by atoms with van der Waals surface area (Å²) in [4.78, 5) is 12.9. The van der Waals surface area contributed by atoms with Gasteiger partial charge in [0.25, 0.3) is 0 Å². The zero-order chi connectivity index (χ0) is 9.14. The lowest BCUT2D eigenvalue weighted by atomic mass is 10.3. The molecule has 1 rings (SSSR count). The van der Waals surface area contributed by atoms with Crippen LogP contribution in [0.5, 0.6) is 0 Å². The fourth-order valence-electron chi connectivity index (χ4n) is 0.688. The van der Waals surface area contributed by atoms with Crippen LogP contribution in [0.3, 0.4) is 0 Å². The summed E-state index contributed by atoms with van der Waals surface area (Å²) in [7, 11) is 0. The molecule has 0 fully saturated rings. The minimum Gasteiger partial charge on any atom is -0.392 e. The van der Waals surface area contributed by atoms with E-state index in [-0.39, 0.29) is 11.3 Å². The third-order valence-electron chi connectivity index (χ3n) is 1.20. The molecule has 12 heavy (non-hydrogen) atoms. The minimum atomic E-state index is -0.698. The summed E-state index contributed by atoms with van der Waals surface area (Å²) < 4.78 is 0. The number of rotatable bonds is 1. The maximum atomic E-state index is 10.2. The maximum absolute atomic E-state index is 10.2. The number of nitrogens with two attached hydrogens (primary N) is 1. The van der Waals surface area contributed by atoms with Gasteiger partial charge in [0, 0.05) is 0 Å². The van der Waals surface area contributed by atoms with Crippen LogP contribution in [0, 0.1) is 21.4 Å². The van der Waals surface area contributed by atoms with Gasteiger partial charge in [0.1, 0.15) is 11.8 Å². The molecule has 0 radical (unpaired) electrons. The van der Waals surface area contributed by atoms with Crippen molar-refractivity contribution in [1.29, 1.82) is 5.26 Å². The van der Waals surface area contributed by atoms with Crippen LogP contribution in [0.1, 0.15) is 5.56 Å². The minimum absolute atomic E-state index is 0.0981. The molecule has 6 heteroatoms. The largest absolute Gasteiger partial charge is 0.392 e. The van der Waals surface area contributed by atoms with Crippen LogP contribution in [0.2, 0.25) is 0 Å². The van der Waals surface area contributed by atoms with Gasteiger partial charge in [-0.25, -0.2) is 0 Å². The normalized spacial score (nSPS) is 8.92. The highest BCUT2D eigenvalue weighted by Gasteiger charge is 2.12. The van der Waals surface area contributed by atoms with Crippen LogP contribution < -0.4 is 5.73 Å². The average molecular weight is 164 g/mol. The van der Waals surface area contributed by atoms with Gasteiger partial charge in [-0.15, -0.1) is 0 Å². The van der Waals surface area contributed by atoms with Crippen LogP contribution in [0.15, 0.2) is 12.3 Å². The van der Waals surface area contributed by atoms with Crippen molar-refractivity contribution in [3.63, 3.8) is 0 Å². The number of nitriles is 1. The lowest BCUT2D eigenvalue weighted by Gasteiger charge is -1.94. The summed E-state index contributed by atoms with van der Waals surface area (Å²) in [5.41, 5.74) is 5.35. The fourth-order valence-corrected chi connectivity index (χ4v) is 0.688. The van der Waals surface area contributed by atoms with Gasteiger partial charge >= 0.3 is 5.82 Å². The Balaban J connectivity index is 3.23. The van der Waals surface area contributed by atoms with Crippen molar-refractivity contribution in [3.8, 4) is 6.07 Å². The number of anilines is 1. The van der Waals surface area contributed by atoms with Crippen LogP contribution in [-0.2, 0) is 0 Å². The number of pyridine rings is 1.